The Bertz CT molecular complexity index is 832. The zero-order valence-corrected chi connectivity index (χ0v) is 14.7. The number of anilines is 1. The van der Waals surface area contributed by atoms with Gasteiger partial charge in [-0.1, -0.05) is 34.8 Å². The third-order valence-corrected chi connectivity index (χ3v) is 5.48. The van der Waals surface area contributed by atoms with Crippen molar-refractivity contribution in [1.82, 2.24) is 9.97 Å². The first-order valence-electron chi connectivity index (χ1n) is 6.63. The summed E-state index contributed by atoms with van der Waals surface area (Å²) < 4.78 is 1.16. The molecule has 0 unspecified atom stereocenters. The van der Waals surface area contributed by atoms with Gasteiger partial charge < -0.3 is 5.32 Å². The number of nitrogens with zero attached hydrogens (tertiary/aromatic N) is 2. The maximum Gasteiger partial charge on any atom is 0.134 e. The Labute approximate surface area is 147 Å². The number of rotatable bonds is 4. The first kappa shape index (κ1) is 15.8. The molecule has 0 bridgehead atoms. The molecule has 2 aromatic heterocycles. The largest absolute Gasteiger partial charge is 0.370 e. The zero-order chi connectivity index (χ0) is 15.7. The lowest BCUT2D eigenvalue weighted by Gasteiger charge is -2.07. The normalized spacial score (nSPS) is 11.1. The number of aryl methyl sites for hydroxylation is 1. The van der Waals surface area contributed by atoms with E-state index >= 15 is 0 Å². The van der Waals surface area contributed by atoms with Crippen LogP contribution in [0.3, 0.4) is 0 Å². The molecule has 0 aliphatic carbocycles. The maximum absolute atomic E-state index is 6.38. The molecule has 7 heteroatoms. The fourth-order valence-electron chi connectivity index (χ4n) is 2.35. The number of hydrogen-bond acceptors (Lipinski definition) is 4. The van der Waals surface area contributed by atoms with Crippen molar-refractivity contribution in [3.05, 3.63) is 50.2 Å². The van der Waals surface area contributed by atoms with Crippen molar-refractivity contribution in [2.45, 2.75) is 13.3 Å². The van der Waals surface area contributed by atoms with Crippen LogP contribution in [-0.2, 0) is 6.42 Å². The van der Waals surface area contributed by atoms with Gasteiger partial charge in [0.25, 0.3) is 0 Å². The first-order chi connectivity index (χ1) is 10.6. The predicted octanol–water partition coefficient (Wildman–Crippen LogP) is 5.61. The number of aromatic nitrogens is 2. The smallest absolute Gasteiger partial charge is 0.134 e. The van der Waals surface area contributed by atoms with Gasteiger partial charge in [-0.15, -0.1) is 11.3 Å². The molecule has 0 fully saturated rings. The fraction of sp³-hybridized carbons (Fsp3) is 0.200. The minimum Gasteiger partial charge on any atom is -0.370 e. The van der Waals surface area contributed by atoms with Gasteiger partial charge in [0.15, 0.2) is 0 Å². The average Bonchev–Trinajstić information content (AvgIpc) is 2.80. The second-order valence-electron chi connectivity index (χ2n) is 4.77. The monoisotopic (exact) mass is 371 g/mol. The van der Waals surface area contributed by atoms with Crippen molar-refractivity contribution in [3.63, 3.8) is 0 Å². The summed E-state index contributed by atoms with van der Waals surface area (Å²) in [6.07, 6.45) is 2.26. The van der Waals surface area contributed by atoms with Gasteiger partial charge >= 0.3 is 0 Å². The Morgan fingerprint density at radius 1 is 1.18 bits per heavy atom. The number of fused-ring (bicyclic) bond motifs is 1. The van der Waals surface area contributed by atoms with Gasteiger partial charge in [-0.3, -0.25) is 0 Å². The average molecular weight is 373 g/mol. The summed E-state index contributed by atoms with van der Waals surface area (Å²) in [5.74, 6) is 0.710. The van der Waals surface area contributed by atoms with Gasteiger partial charge in [0.05, 0.1) is 10.0 Å². The van der Waals surface area contributed by atoms with Gasteiger partial charge in [-0.25, -0.2) is 9.97 Å². The molecule has 0 aliphatic heterocycles. The number of nitrogens with one attached hydrogen (secondary N) is 1. The van der Waals surface area contributed by atoms with Crippen molar-refractivity contribution in [1.29, 1.82) is 0 Å². The number of hydrogen-bond donors (Lipinski definition) is 1. The molecular formula is C15H12Cl3N3S. The maximum atomic E-state index is 6.38. The fourth-order valence-corrected chi connectivity index (χ4v) is 4.11. The second-order valence-corrected chi connectivity index (χ2v) is 7.20. The zero-order valence-electron chi connectivity index (χ0n) is 11.7. The number of thiophene rings is 1. The predicted molar refractivity (Wildman–Crippen MR) is 95.8 cm³/mol. The molecule has 22 heavy (non-hydrogen) atoms. The van der Waals surface area contributed by atoms with Gasteiger partial charge in [-0.05, 0) is 31.0 Å². The summed E-state index contributed by atoms with van der Waals surface area (Å²) in [7, 11) is 0. The molecule has 3 aromatic rings. The lowest BCUT2D eigenvalue weighted by atomic mass is 10.1. The van der Waals surface area contributed by atoms with E-state index in [1.54, 1.807) is 17.4 Å². The van der Waals surface area contributed by atoms with Crippen LogP contribution in [0.5, 0.6) is 0 Å². The van der Waals surface area contributed by atoms with Crippen LogP contribution in [-0.4, -0.2) is 16.5 Å². The Morgan fingerprint density at radius 3 is 2.77 bits per heavy atom. The Balaban J connectivity index is 1.82. The van der Waals surface area contributed by atoms with E-state index in [2.05, 4.69) is 22.2 Å². The molecule has 0 atom stereocenters. The lowest BCUT2D eigenvalue weighted by molar-refractivity contribution is 1.00. The van der Waals surface area contributed by atoms with E-state index in [-0.39, 0.29) is 0 Å². The van der Waals surface area contributed by atoms with Crippen LogP contribution in [0.1, 0.15) is 10.4 Å². The third-order valence-electron chi connectivity index (χ3n) is 3.36. The minimum atomic E-state index is 0.421. The van der Waals surface area contributed by atoms with Crippen molar-refractivity contribution >= 4 is 62.0 Å². The molecule has 1 aromatic carbocycles. The van der Waals surface area contributed by atoms with E-state index in [9.17, 15) is 0 Å². The van der Waals surface area contributed by atoms with Crippen LogP contribution in [0, 0.1) is 6.92 Å². The topological polar surface area (TPSA) is 37.8 Å². The summed E-state index contributed by atoms with van der Waals surface area (Å²) in [5, 5.41) is 5.93. The van der Waals surface area contributed by atoms with Crippen molar-refractivity contribution in [3.8, 4) is 0 Å². The summed E-state index contributed by atoms with van der Waals surface area (Å²) in [6, 6.07) is 5.55. The quantitative estimate of drug-likeness (QED) is 0.604. The highest BCUT2D eigenvalue weighted by molar-refractivity contribution is 7.19. The Morgan fingerprint density at radius 2 is 2.00 bits per heavy atom. The van der Waals surface area contributed by atoms with Crippen molar-refractivity contribution < 1.29 is 0 Å². The second kappa shape index (κ2) is 6.59. The molecule has 0 saturated carbocycles. The molecule has 0 saturated heterocycles. The summed E-state index contributed by atoms with van der Waals surface area (Å²) in [5.41, 5.74) is 1.22. The van der Waals surface area contributed by atoms with Gasteiger partial charge in [-0.2, -0.15) is 0 Å². The summed E-state index contributed by atoms with van der Waals surface area (Å²) in [6.45, 7) is 2.83. The van der Waals surface area contributed by atoms with E-state index in [0.29, 0.717) is 21.0 Å². The van der Waals surface area contributed by atoms with E-state index < -0.39 is 0 Å². The van der Waals surface area contributed by atoms with E-state index in [1.807, 2.05) is 12.1 Å². The third kappa shape index (κ3) is 3.15. The van der Waals surface area contributed by atoms with Gasteiger partial charge in [0.2, 0.25) is 0 Å². The SMILES string of the molecule is Cc1sc2ccc(Cl)c(Cl)c2c1CCNc1cc(Cl)ncn1. The summed E-state index contributed by atoms with van der Waals surface area (Å²) in [4.78, 5) is 9.23. The molecule has 1 N–H and O–H groups in total. The van der Waals surface area contributed by atoms with Crippen LogP contribution in [0.4, 0.5) is 5.82 Å². The van der Waals surface area contributed by atoms with E-state index in [1.165, 1.54) is 16.8 Å². The molecule has 114 valence electrons. The molecule has 0 aliphatic rings. The Kier molecular flexibility index (Phi) is 4.73. The highest BCUT2D eigenvalue weighted by Gasteiger charge is 2.14. The minimum absolute atomic E-state index is 0.421. The molecule has 0 radical (unpaired) electrons. The molecule has 3 nitrogen and oxygen atoms in total. The molecular weight excluding hydrogens is 361 g/mol. The van der Waals surface area contributed by atoms with Crippen LogP contribution in [0.25, 0.3) is 10.1 Å². The molecule has 2 heterocycles. The van der Waals surface area contributed by atoms with Gasteiger partial charge in [0, 0.05) is 27.6 Å². The van der Waals surface area contributed by atoms with E-state index in [4.69, 9.17) is 34.8 Å². The molecule has 0 spiro atoms. The lowest BCUT2D eigenvalue weighted by Crippen LogP contribution is -2.06. The number of benzene rings is 1. The number of halogens is 3. The van der Waals surface area contributed by atoms with Crippen molar-refractivity contribution in [2.24, 2.45) is 0 Å². The van der Waals surface area contributed by atoms with Crippen LogP contribution in [0.2, 0.25) is 15.2 Å². The first-order valence-corrected chi connectivity index (χ1v) is 8.58. The summed E-state index contributed by atoms with van der Waals surface area (Å²) >= 11 is 20.1. The van der Waals surface area contributed by atoms with Crippen LogP contribution in [0.15, 0.2) is 24.5 Å². The highest BCUT2D eigenvalue weighted by atomic mass is 35.5. The van der Waals surface area contributed by atoms with Crippen LogP contribution < -0.4 is 5.32 Å². The molecule has 3 rings (SSSR count). The Hall–Kier alpha value is -1.07. The van der Waals surface area contributed by atoms with Crippen LogP contribution >= 0.6 is 46.1 Å². The molecule has 0 amide bonds. The standard InChI is InChI=1S/C15H12Cl3N3S/c1-8-9(4-5-19-13-6-12(17)20-7-21-13)14-11(22-8)3-2-10(16)15(14)18/h2-3,6-7H,4-5H2,1H3,(H,19,20,21). The van der Waals surface area contributed by atoms with Crippen molar-refractivity contribution in [2.75, 3.05) is 11.9 Å². The van der Waals surface area contributed by atoms with Gasteiger partial charge in [0.1, 0.15) is 17.3 Å². The van der Waals surface area contributed by atoms with E-state index in [0.717, 1.165) is 23.1 Å². The highest BCUT2D eigenvalue weighted by Crippen LogP contribution is 2.39.